The number of amides is 2. The second kappa shape index (κ2) is 7.45. The minimum Gasteiger partial charge on any atom is -0.372 e. The molecule has 0 saturated heterocycles. The summed E-state index contributed by atoms with van der Waals surface area (Å²) in [6.07, 6.45) is 1.09. The molecule has 0 aliphatic heterocycles. The number of carbonyl (C=O) groups excluding carboxylic acids is 2. The first kappa shape index (κ1) is 14.2. The molecule has 0 bridgehead atoms. The number of nitrogens with one attached hydrogen (secondary N) is 1. The average molecular weight is 250 g/mol. The van der Waals surface area contributed by atoms with Crippen molar-refractivity contribution in [2.75, 3.05) is 18.5 Å². The van der Waals surface area contributed by atoms with Crippen molar-refractivity contribution < 1.29 is 14.3 Å². The summed E-state index contributed by atoms with van der Waals surface area (Å²) in [7, 11) is 0. The van der Waals surface area contributed by atoms with E-state index in [0.717, 1.165) is 12.0 Å². The zero-order valence-corrected chi connectivity index (χ0v) is 10.4. The third kappa shape index (κ3) is 5.45. The minimum atomic E-state index is -0.375. The van der Waals surface area contributed by atoms with Crippen molar-refractivity contribution in [3.05, 3.63) is 29.8 Å². The number of ether oxygens (including phenoxy) is 1. The molecule has 0 radical (unpaired) electrons. The van der Waals surface area contributed by atoms with Gasteiger partial charge < -0.3 is 15.8 Å². The van der Waals surface area contributed by atoms with Crippen molar-refractivity contribution >= 4 is 17.5 Å². The summed E-state index contributed by atoms with van der Waals surface area (Å²) in [5.74, 6) is -0.564. The van der Waals surface area contributed by atoms with Crippen LogP contribution in [0.4, 0.5) is 5.69 Å². The summed E-state index contributed by atoms with van der Waals surface area (Å²) in [5, 5.41) is 2.70. The Morgan fingerprint density at radius 1 is 1.28 bits per heavy atom. The van der Waals surface area contributed by atoms with E-state index in [9.17, 15) is 9.59 Å². The van der Waals surface area contributed by atoms with E-state index in [-0.39, 0.29) is 24.8 Å². The number of primary amides is 1. The summed E-state index contributed by atoms with van der Waals surface area (Å²) in [6.45, 7) is 2.61. The number of benzene rings is 1. The molecule has 1 rings (SSSR count). The van der Waals surface area contributed by atoms with Gasteiger partial charge in [-0.05, 0) is 24.1 Å². The Morgan fingerprint density at radius 3 is 2.50 bits per heavy atom. The fourth-order valence-electron chi connectivity index (χ4n) is 1.41. The molecule has 3 N–H and O–H groups in total. The van der Waals surface area contributed by atoms with Gasteiger partial charge in [0, 0.05) is 12.3 Å². The molecule has 0 unspecified atom stereocenters. The molecule has 18 heavy (non-hydrogen) atoms. The average Bonchev–Trinajstić information content (AvgIpc) is 2.31. The van der Waals surface area contributed by atoms with Gasteiger partial charge in [-0.2, -0.15) is 0 Å². The fraction of sp³-hybridized carbons (Fsp3) is 0.385. The summed E-state index contributed by atoms with van der Waals surface area (Å²) in [6, 6.07) is 6.98. The number of rotatable bonds is 7. The number of anilines is 1. The van der Waals surface area contributed by atoms with Gasteiger partial charge >= 0.3 is 0 Å². The molecule has 0 aliphatic carbocycles. The standard InChI is InChI=1S/C13H18N2O3/c1-2-7-18-9-13(17)15-11-5-3-10(4-6-11)8-12(14)16/h3-6H,2,7-9H2,1H3,(H2,14,16)(H,15,17). The van der Waals surface area contributed by atoms with Gasteiger partial charge in [0.05, 0.1) is 6.42 Å². The zero-order chi connectivity index (χ0) is 13.4. The fourth-order valence-corrected chi connectivity index (χ4v) is 1.41. The smallest absolute Gasteiger partial charge is 0.250 e. The Morgan fingerprint density at radius 2 is 1.94 bits per heavy atom. The molecule has 5 nitrogen and oxygen atoms in total. The molecule has 0 saturated carbocycles. The highest BCUT2D eigenvalue weighted by molar-refractivity contribution is 5.91. The molecule has 2 amide bonds. The van der Waals surface area contributed by atoms with Crippen LogP contribution in [0, 0.1) is 0 Å². The number of carbonyl (C=O) groups is 2. The van der Waals surface area contributed by atoms with E-state index in [4.69, 9.17) is 10.5 Å². The number of hydrogen-bond acceptors (Lipinski definition) is 3. The van der Waals surface area contributed by atoms with Crippen molar-refractivity contribution in [3.63, 3.8) is 0 Å². The van der Waals surface area contributed by atoms with Crippen LogP contribution in [0.2, 0.25) is 0 Å². The van der Waals surface area contributed by atoms with Crippen LogP contribution in [-0.4, -0.2) is 25.0 Å². The predicted molar refractivity (Wildman–Crippen MR) is 69.1 cm³/mol. The minimum absolute atomic E-state index is 0.0525. The number of hydrogen-bond donors (Lipinski definition) is 2. The lowest BCUT2D eigenvalue weighted by Crippen LogP contribution is -2.18. The lowest BCUT2D eigenvalue weighted by molar-refractivity contribution is -0.120. The Labute approximate surface area is 106 Å². The van der Waals surface area contributed by atoms with E-state index in [0.29, 0.717) is 12.3 Å². The highest BCUT2D eigenvalue weighted by Crippen LogP contribution is 2.09. The van der Waals surface area contributed by atoms with Gasteiger partial charge in [-0.15, -0.1) is 0 Å². The summed E-state index contributed by atoms with van der Waals surface area (Å²) >= 11 is 0. The zero-order valence-electron chi connectivity index (χ0n) is 10.4. The van der Waals surface area contributed by atoms with Crippen molar-refractivity contribution in [1.82, 2.24) is 0 Å². The van der Waals surface area contributed by atoms with Crippen LogP contribution in [0.1, 0.15) is 18.9 Å². The summed E-state index contributed by atoms with van der Waals surface area (Å²) < 4.78 is 5.12. The van der Waals surface area contributed by atoms with Crippen molar-refractivity contribution in [2.45, 2.75) is 19.8 Å². The molecule has 0 aliphatic rings. The maximum absolute atomic E-state index is 11.4. The third-order valence-corrected chi connectivity index (χ3v) is 2.20. The molecule has 5 heteroatoms. The monoisotopic (exact) mass is 250 g/mol. The van der Waals surface area contributed by atoms with Crippen LogP contribution in [0.5, 0.6) is 0 Å². The van der Waals surface area contributed by atoms with Gasteiger partial charge in [-0.1, -0.05) is 19.1 Å². The first-order chi connectivity index (χ1) is 8.61. The lowest BCUT2D eigenvalue weighted by atomic mass is 10.1. The van der Waals surface area contributed by atoms with E-state index in [1.807, 2.05) is 6.92 Å². The van der Waals surface area contributed by atoms with Crippen LogP contribution in [0.15, 0.2) is 24.3 Å². The molecule has 0 fully saturated rings. The Hall–Kier alpha value is -1.88. The predicted octanol–water partition coefficient (Wildman–Crippen LogP) is 1.08. The Bertz CT molecular complexity index is 401. The maximum atomic E-state index is 11.4. The van der Waals surface area contributed by atoms with E-state index in [1.165, 1.54) is 0 Å². The summed E-state index contributed by atoms with van der Waals surface area (Å²) in [4.78, 5) is 22.2. The molecule has 0 spiro atoms. The molecular formula is C13H18N2O3. The molecule has 0 heterocycles. The van der Waals surface area contributed by atoms with Gasteiger partial charge in [-0.25, -0.2) is 0 Å². The van der Waals surface area contributed by atoms with Gasteiger partial charge in [-0.3, -0.25) is 9.59 Å². The molecule has 1 aromatic carbocycles. The van der Waals surface area contributed by atoms with Gasteiger partial charge in [0.25, 0.3) is 0 Å². The van der Waals surface area contributed by atoms with Gasteiger partial charge in [0.15, 0.2) is 0 Å². The second-order valence-corrected chi connectivity index (χ2v) is 3.94. The largest absolute Gasteiger partial charge is 0.372 e. The molecule has 1 aromatic rings. The van der Waals surface area contributed by atoms with Crippen LogP contribution < -0.4 is 11.1 Å². The molecule has 0 atom stereocenters. The van der Waals surface area contributed by atoms with Crippen LogP contribution in [-0.2, 0) is 20.7 Å². The molecule has 98 valence electrons. The van der Waals surface area contributed by atoms with Crippen LogP contribution >= 0.6 is 0 Å². The quantitative estimate of drug-likeness (QED) is 0.710. The van der Waals surface area contributed by atoms with Crippen LogP contribution in [0.25, 0.3) is 0 Å². The topological polar surface area (TPSA) is 81.4 Å². The highest BCUT2D eigenvalue weighted by Gasteiger charge is 2.03. The van der Waals surface area contributed by atoms with E-state index in [2.05, 4.69) is 5.32 Å². The Kier molecular flexibility index (Phi) is 5.87. The summed E-state index contributed by atoms with van der Waals surface area (Å²) in [5.41, 5.74) is 6.58. The molecule has 0 aromatic heterocycles. The SMILES string of the molecule is CCCOCC(=O)Nc1ccc(CC(N)=O)cc1. The lowest BCUT2D eigenvalue weighted by Gasteiger charge is -2.06. The van der Waals surface area contributed by atoms with Gasteiger partial charge in [0.1, 0.15) is 6.61 Å². The van der Waals surface area contributed by atoms with Crippen molar-refractivity contribution in [1.29, 1.82) is 0 Å². The second-order valence-electron chi connectivity index (χ2n) is 3.94. The van der Waals surface area contributed by atoms with Crippen LogP contribution in [0.3, 0.4) is 0 Å². The Balaban J connectivity index is 2.43. The van der Waals surface area contributed by atoms with Crippen molar-refractivity contribution in [2.24, 2.45) is 5.73 Å². The first-order valence-corrected chi connectivity index (χ1v) is 5.86. The first-order valence-electron chi connectivity index (χ1n) is 5.86. The third-order valence-electron chi connectivity index (χ3n) is 2.20. The maximum Gasteiger partial charge on any atom is 0.250 e. The van der Waals surface area contributed by atoms with E-state index >= 15 is 0 Å². The van der Waals surface area contributed by atoms with Gasteiger partial charge in [0.2, 0.25) is 11.8 Å². The normalized spacial score (nSPS) is 10.1. The van der Waals surface area contributed by atoms with E-state index in [1.54, 1.807) is 24.3 Å². The number of nitrogens with two attached hydrogens (primary N) is 1. The molecular weight excluding hydrogens is 232 g/mol. The van der Waals surface area contributed by atoms with E-state index < -0.39 is 0 Å². The van der Waals surface area contributed by atoms with Crippen molar-refractivity contribution in [3.8, 4) is 0 Å². The highest BCUT2D eigenvalue weighted by atomic mass is 16.5.